The molecule has 1 aromatic heterocycles. The molecule has 36 heavy (non-hydrogen) atoms. The normalized spacial score (nSPS) is 19.7. The van der Waals surface area contributed by atoms with Gasteiger partial charge in [-0.15, -0.1) is 0 Å². The zero-order chi connectivity index (χ0) is 25.5. The van der Waals surface area contributed by atoms with Gasteiger partial charge in [0.2, 0.25) is 0 Å². The largest absolute Gasteiger partial charge is 0.305 e. The SMILES string of the molecule is CCCC(c1nc2ccccc2c(=O)n1CCN(C)CCCc1ccccc1)N1C[C@H](C)C[C@H](C)C1. The van der Waals surface area contributed by atoms with Crippen LogP contribution >= 0.6 is 0 Å². The number of likely N-dealkylation sites (tertiary alicyclic amines) is 1. The molecule has 1 fully saturated rings. The zero-order valence-electron chi connectivity index (χ0n) is 22.7. The predicted octanol–water partition coefficient (Wildman–Crippen LogP) is 5.78. The van der Waals surface area contributed by atoms with E-state index in [0.717, 1.165) is 68.6 Å². The van der Waals surface area contributed by atoms with Gasteiger partial charge in [-0.3, -0.25) is 14.3 Å². The lowest BCUT2D eigenvalue weighted by molar-refractivity contribution is 0.0831. The van der Waals surface area contributed by atoms with Crippen LogP contribution in [0.3, 0.4) is 0 Å². The monoisotopic (exact) mass is 488 g/mol. The molecule has 0 saturated carbocycles. The Hall–Kier alpha value is -2.50. The summed E-state index contributed by atoms with van der Waals surface area (Å²) in [6.07, 6.45) is 5.57. The Morgan fingerprint density at radius 3 is 2.42 bits per heavy atom. The molecule has 0 amide bonds. The molecule has 5 heteroatoms. The van der Waals surface area contributed by atoms with Gasteiger partial charge < -0.3 is 4.90 Å². The molecule has 1 aliphatic rings. The number of nitrogens with zero attached hydrogens (tertiary/aromatic N) is 4. The van der Waals surface area contributed by atoms with Crippen molar-refractivity contribution in [3.8, 4) is 0 Å². The summed E-state index contributed by atoms with van der Waals surface area (Å²) in [5.74, 6) is 2.30. The van der Waals surface area contributed by atoms with E-state index in [1.807, 2.05) is 28.8 Å². The van der Waals surface area contributed by atoms with Gasteiger partial charge in [0, 0.05) is 26.2 Å². The van der Waals surface area contributed by atoms with Gasteiger partial charge in [-0.1, -0.05) is 69.7 Å². The summed E-state index contributed by atoms with van der Waals surface area (Å²) in [6, 6.07) is 18.7. The maximum Gasteiger partial charge on any atom is 0.261 e. The third-order valence-electron chi connectivity index (χ3n) is 7.64. The molecule has 4 rings (SSSR count). The van der Waals surface area contributed by atoms with Crippen LogP contribution in [0.2, 0.25) is 0 Å². The van der Waals surface area contributed by atoms with Crippen molar-refractivity contribution in [2.75, 3.05) is 33.2 Å². The van der Waals surface area contributed by atoms with Crippen molar-refractivity contribution in [3.63, 3.8) is 0 Å². The minimum Gasteiger partial charge on any atom is -0.305 e. The molecule has 0 spiro atoms. The fourth-order valence-corrected chi connectivity index (χ4v) is 5.95. The second-order valence-electron chi connectivity index (χ2n) is 11.0. The quantitative estimate of drug-likeness (QED) is 0.343. The average molecular weight is 489 g/mol. The number of benzene rings is 2. The lowest BCUT2D eigenvalue weighted by Gasteiger charge is -2.40. The molecule has 0 radical (unpaired) electrons. The van der Waals surface area contributed by atoms with Crippen molar-refractivity contribution in [1.82, 2.24) is 19.4 Å². The summed E-state index contributed by atoms with van der Waals surface area (Å²) in [5, 5.41) is 0.726. The van der Waals surface area contributed by atoms with E-state index in [1.165, 1.54) is 12.0 Å². The van der Waals surface area contributed by atoms with Gasteiger partial charge >= 0.3 is 0 Å². The van der Waals surface area contributed by atoms with Crippen molar-refractivity contribution in [2.24, 2.45) is 11.8 Å². The van der Waals surface area contributed by atoms with Crippen LogP contribution in [0.25, 0.3) is 10.9 Å². The highest BCUT2D eigenvalue weighted by atomic mass is 16.1. The summed E-state index contributed by atoms with van der Waals surface area (Å²) < 4.78 is 2.00. The molecule has 2 heterocycles. The molecule has 3 atom stereocenters. The lowest BCUT2D eigenvalue weighted by Crippen LogP contribution is -2.43. The lowest BCUT2D eigenvalue weighted by atomic mass is 9.90. The van der Waals surface area contributed by atoms with Gasteiger partial charge in [-0.25, -0.2) is 4.98 Å². The first-order chi connectivity index (χ1) is 17.5. The van der Waals surface area contributed by atoms with Crippen LogP contribution in [0.4, 0.5) is 0 Å². The highest BCUT2D eigenvalue weighted by Gasteiger charge is 2.31. The first kappa shape index (κ1) is 26.6. The molecule has 3 aromatic rings. The van der Waals surface area contributed by atoms with Gasteiger partial charge in [0.15, 0.2) is 0 Å². The minimum atomic E-state index is 0.104. The molecule has 1 aliphatic heterocycles. The molecule has 194 valence electrons. The molecule has 0 aliphatic carbocycles. The van der Waals surface area contributed by atoms with Gasteiger partial charge in [0.25, 0.3) is 5.56 Å². The predicted molar refractivity (Wildman–Crippen MR) is 150 cm³/mol. The molecule has 0 bridgehead atoms. The van der Waals surface area contributed by atoms with Crippen LogP contribution in [0.1, 0.15) is 63.9 Å². The van der Waals surface area contributed by atoms with Crippen molar-refractivity contribution in [1.29, 1.82) is 0 Å². The molecular formula is C31H44N4O. The first-order valence-corrected chi connectivity index (χ1v) is 13.9. The number of hydrogen-bond donors (Lipinski definition) is 0. The summed E-state index contributed by atoms with van der Waals surface area (Å²) in [7, 11) is 2.17. The smallest absolute Gasteiger partial charge is 0.261 e. The number of rotatable bonds is 11. The van der Waals surface area contributed by atoms with Crippen LogP contribution in [-0.4, -0.2) is 52.6 Å². The fourth-order valence-electron chi connectivity index (χ4n) is 5.95. The van der Waals surface area contributed by atoms with E-state index < -0.39 is 0 Å². The van der Waals surface area contributed by atoms with E-state index in [1.54, 1.807) is 0 Å². The van der Waals surface area contributed by atoms with E-state index in [4.69, 9.17) is 4.98 Å². The fraction of sp³-hybridized carbons (Fsp3) is 0.548. The topological polar surface area (TPSA) is 41.4 Å². The highest BCUT2D eigenvalue weighted by molar-refractivity contribution is 5.77. The molecular weight excluding hydrogens is 444 g/mol. The number of piperidine rings is 1. The second kappa shape index (κ2) is 12.6. The van der Waals surface area contributed by atoms with E-state index >= 15 is 0 Å². The zero-order valence-corrected chi connectivity index (χ0v) is 22.7. The van der Waals surface area contributed by atoms with Gasteiger partial charge in [0.1, 0.15) is 5.82 Å². The van der Waals surface area contributed by atoms with Crippen molar-refractivity contribution in [3.05, 3.63) is 76.3 Å². The summed E-state index contributed by atoms with van der Waals surface area (Å²) in [4.78, 5) is 23.9. The van der Waals surface area contributed by atoms with Crippen LogP contribution in [0.5, 0.6) is 0 Å². The Morgan fingerprint density at radius 1 is 1.00 bits per heavy atom. The first-order valence-electron chi connectivity index (χ1n) is 13.9. The Balaban J connectivity index is 1.56. The van der Waals surface area contributed by atoms with Gasteiger partial charge in [0.05, 0.1) is 16.9 Å². The third-order valence-corrected chi connectivity index (χ3v) is 7.64. The Kier molecular flexibility index (Phi) is 9.33. The maximum atomic E-state index is 13.8. The standard InChI is InChI=1S/C31H44N4O/c1-5-12-29(34-22-24(2)21-25(3)23-34)30-32-28-17-10-9-16-27(28)31(36)35(30)20-19-33(4)18-11-15-26-13-7-6-8-14-26/h6-10,13-14,16-17,24-25,29H,5,11-12,15,18-23H2,1-4H3/t24-,25+,29?. The van der Waals surface area contributed by atoms with Gasteiger partial charge in [-0.05, 0) is 68.8 Å². The maximum absolute atomic E-state index is 13.8. The molecule has 1 unspecified atom stereocenters. The summed E-state index contributed by atoms with van der Waals surface area (Å²) in [5.41, 5.74) is 2.31. The van der Waals surface area contributed by atoms with Crippen molar-refractivity contribution in [2.45, 2.75) is 65.5 Å². The van der Waals surface area contributed by atoms with E-state index in [9.17, 15) is 4.79 Å². The average Bonchev–Trinajstić information content (AvgIpc) is 2.87. The Morgan fingerprint density at radius 2 is 1.69 bits per heavy atom. The molecule has 1 saturated heterocycles. The second-order valence-corrected chi connectivity index (χ2v) is 11.0. The minimum absolute atomic E-state index is 0.104. The summed E-state index contributed by atoms with van der Waals surface area (Å²) in [6.45, 7) is 11.6. The highest BCUT2D eigenvalue weighted by Crippen LogP contribution is 2.31. The van der Waals surface area contributed by atoms with Crippen LogP contribution in [0, 0.1) is 11.8 Å². The van der Waals surface area contributed by atoms with Gasteiger partial charge in [-0.2, -0.15) is 0 Å². The molecule has 2 aromatic carbocycles. The van der Waals surface area contributed by atoms with E-state index in [-0.39, 0.29) is 11.6 Å². The third kappa shape index (κ3) is 6.63. The van der Waals surface area contributed by atoms with E-state index in [2.05, 4.69) is 68.0 Å². The van der Waals surface area contributed by atoms with Crippen LogP contribution in [0.15, 0.2) is 59.4 Å². The Bertz CT molecular complexity index is 1150. The molecule has 0 N–H and O–H groups in total. The van der Waals surface area contributed by atoms with Crippen LogP contribution in [-0.2, 0) is 13.0 Å². The van der Waals surface area contributed by atoms with Crippen LogP contribution < -0.4 is 5.56 Å². The number of fused-ring (bicyclic) bond motifs is 1. The van der Waals surface area contributed by atoms with Crippen molar-refractivity contribution >= 4 is 10.9 Å². The Labute approximate surface area is 217 Å². The van der Waals surface area contributed by atoms with E-state index in [0.29, 0.717) is 18.4 Å². The van der Waals surface area contributed by atoms with Crippen molar-refractivity contribution < 1.29 is 0 Å². The number of para-hydroxylation sites is 1. The number of likely N-dealkylation sites (N-methyl/N-ethyl adjacent to an activating group) is 1. The number of aromatic nitrogens is 2. The number of hydrogen-bond acceptors (Lipinski definition) is 4. The number of aryl methyl sites for hydroxylation is 1. The molecule has 5 nitrogen and oxygen atoms in total. The summed E-state index contributed by atoms with van der Waals surface area (Å²) >= 11 is 0.